The number of likely N-dealkylation sites (N-methyl/N-ethyl adjacent to an activating group) is 1. The molecular weight excluding hydrogens is 246 g/mol. The number of hydrogen-bond acceptors (Lipinski definition) is 4. The molecule has 1 heterocycles. The van der Waals surface area contributed by atoms with Crippen molar-refractivity contribution in [1.82, 2.24) is 5.32 Å². The molecule has 5 nitrogen and oxygen atoms in total. The molecule has 1 aromatic rings. The molecule has 0 radical (unpaired) electrons. The predicted molar refractivity (Wildman–Crippen MR) is 70.6 cm³/mol. The van der Waals surface area contributed by atoms with Crippen molar-refractivity contribution >= 4 is 5.97 Å². The Morgan fingerprint density at radius 2 is 2.32 bits per heavy atom. The van der Waals surface area contributed by atoms with E-state index in [1.807, 2.05) is 31.2 Å². The lowest BCUT2D eigenvalue weighted by Crippen LogP contribution is -2.62. The van der Waals surface area contributed by atoms with Crippen molar-refractivity contribution in [2.75, 3.05) is 26.9 Å². The van der Waals surface area contributed by atoms with Gasteiger partial charge in [-0.05, 0) is 31.7 Å². The Morgan fingerprint density at radius 3 is 2.79 bits per heavy atom. The van der Waals surface area contributed by atoms with Crippen molar-refractivity contribution in [1.29, 1.82) is 0 Å². The van der Waals surface area contributed by atoms with Crippen molar-refractivity contribution in [3.63, 3.8) is 0 Å². The number of aliphatic carboxylic acids is 1. The van der Waals surface area contributed by atoms with E-state index in [0.717, 1.165) is 11.3 Å². The summed E-state index contributed by atoms with van der Waals surface area (Å²) >= 11 is 0. The van der Waals surface area contributed by atoms with Gasteiger partial charge in [-0.2, -0.15) is 0 Å². The van der Waals surface area contributed by atoms with E-state index < -0.39 is 17.4 Å². The second kappa shape index (κ2) is 5.59. The lowest BCUT2D eigenvalue weighted by Gasteiger charge is -2.45. The maximum absolute atomic E-state index is 11.4. The van der Waals surface area contributed by atoms with Gasteiger partial charge >= 0.3 is 5.97 Å². The molecule has 0 aliphatic carbocycles. The fraction of sp³-hybridized carbons (Fsp3) is 0.500. The van der Waals surface area contributed by atoms with E-state index in [0.29, 0.717) is 19.8 Å². The number of nitrogens with one attached hydrogen (secondary N) is 1. The van der Waals surface area contributed by atoms with Gasteiger partial charge < -0.3 is 19.9 Å². The minimum absolute atomic E-state index is 0.403. The van der Waals surface area contributed by atoms with Crippen LogP contribution in [-0.2, 0) is 14.9 Å². The second-order valence-electron chi connectivity index (χ2n) is 4.67. The lowest BCUT2D eigenvalue weighted by molar-refractivity contribution is -0.150. The minimum Gasteiger partial charge on any atom is -0.494 e. The molecule has 2 N–H and O–H groups in total. The number of hydrogen-bond donors (Lipinski definition) is 2. The number of carbonyl (C=O) groups is 1. The number of ether oxygens (including phenoxy) is 2. The van der Waals surface area contributed by atoms with Crippen molar-refractivity contribution in [3.05, 3.63) is 29.8 Å². The first-order valence-corrected chi connectivity index (χ1v) is 6.35. The summed E-state index contributed by atoms with van der Waals surface area (Å²) in [6.45, 7) is 3.31. The average Bonchev–Trinajstić information content (AvgIpc) is 2.33. The quantitative estimate of drug-likeness (QED) is 0.804. The van der Waals surface area contributed by atoms with Crippen LogP contribution in [-0.4, -0.2) is 44.0 Å². The van der Waals surface area contributed by atoms with E-state index in [9.17, 15) is 9.90 Å². The standard InChI is InChI=1S/C14H19NO4/c1-3-19-11-6-4-5-10(7-11)14(8-18-9-14)12(15-2)13(16)17/h4-7,12,15H,3,8-9H2,1-2H3,(H,16,17). The van der Waals surface area contributed by atoms with Crippen LogP contribution in [0.2, 0.25) is 0 Å². The zero-order valence-corrected chi connectivity index (χ0v) is 11.2. The maximum Gasteiger partial charge on any atom is 0.321 e. The molecule has 0 amide bonds. The van der Waals surface area contributed by atoms with E-state index in [1.54, 1.807) is 7.05 Å². The largest absolute Gasteiger partial charge is 0.494 e. The summed E-state index contributed by atoms with van der Waals surface area (Å²) in [7, 11) is 1.66. The minimum atomic E-state index is -0.868. The summed E-state index contributed by atoms with van der Waals surface area (Å²) in [5.74, 6) is -0.112. The normalized spacial score (nSPS) is 18.4. The van der Waals surface area contributed by atoms with Crippen LogP contribution in [0.1, 0.15) is 12.5 Å². The van der Waals surface area contributed by atoms with E-state index in [1.165, 1.54) is 0 Å². The van der Waals surface area contributed by atoms with Gasteiger partial charge in [0.2, 0.25) is 0 Å². The summed E-state index contributed by atoms with van der Waals surface area (Å²) in [6, 6.07) is 6.92. The summed E-state index contributed by atoms with van der Waals surface area (Å²) < 4.78 is 10.8. The smallest absolute Gasteiger partial charge is 0.321 e. The summed E-state index contributed by atoms with van der Waals surface area (Å²) in [5, 5.41) is 12.2. The summed E-state index contributed by atoms with van der Waals surface area (Å²) in [6.07, 6.45) is 0. The fourth-order valence-corrected chi connectivity index (χ4v) is 2.52. The van der Waals surface area contributed by atoms with Gasteiger partial charge in [-0.3, -0.25) is 4.79 Å². The molecule has 2 rings (SSSR count). The van der Waals surface area contributed by atoms with Gasteiger partial charge in [0.1, 0.15) is 11.8 Å². The first kappa shape index (κ1) is 13.8. The molecule has 1 saturated heterocycles. The molecule has 19 heavy (non-hydrogen) atoms. The zero-order chi connectivity index (χ0) is 13.9. The van der Waals surface area contributed by atoms with Crippen LogP contribution >= 0.6 is 0 Å². The molecule has 1 fully saturated rings. The monoisotopic (exact) mass is 265 g/mol. The van der Waals surface area contributed by atoms with Crippen LogP contribution in [0, 0.1) is 0 Å². The lowest BCUT2D eigenvalue weighted by atomic mass is 9.72. The molecule has 1 atom stereocenters. The zero-order valence-electron chi connectivity index (χ0n) is 11.2. The van der Waals surface area contributed by atoms with Crippen molar-refractivity contribution in [2.45, 2.75) is 18.4 Å². The highest BCUT2D eigenvalue weighted by atomic mass is 16.5. The van der Waals surface area contributed by atoms with Crippen molar-refractivity contribution in [2.24, 2.45) is 0 Å². The molecule has 0 bridgehead atoms. The van der Waals surface area contributed by atoms with E-state index >= 15 is 0 Å². The van der Waals surface area contributed by atoms with Crippen LogP contribution in [0.25, 0.3) is 0 Å². The third-order valence-corrected chi connectivity index (χ3v) is 3.53. The van der Waals surface area contributed by atoms with Gasteiger partial charge in [-0.25, -0.2) is 0 Å². The molecule has 0 spiro atoms. The van der Waals surface area contributed by atoms with Crippen LogP contribution in [0.5, 0.6) is 5.75 Å². The molecule has 5 heteroatoms. The molecular formula is C14H19NO4. The Morgan fingerprint density at radius 1 is 1.58 bits per heavy atom. The topological polar surface area (TPSA) is 67.8 Å². The SMILES string of the molecule is CCOc1cccc(C2(C(NC)C(=O)O)COC2)c1. The van der Waals surface area contributed by atoms with E-state index in [-0.39, 0.29) is 0 Å². The van der Waals surface area contributed by atoms with E-state index in [4.69, 9.17) is 9.47 Å². The number of benzene rings is 1. The average molecular weight is 265 g/mol. The Kier molecular flexibility index (Phi) is 4.07. The Balaban J connectivity index is 2.35. The number of rotatable bonds is 6. The molecule has 0 aromatic heterocycles. The number of carboxylic acids is 1. The predicted octanol–water partition coefficient (Wildman–Crippen LogP) is 1.03. The molecule has 0 saturated carbocycles. The highest BCUT2D eigenvalue weighted by Gasteiger charge is 2.50. The highest BCUT2D eigenvalue weighted by Crippen LogP contribution is 2.37. The van der Waals surface area contributed by atoms with Gasteiger partial charge in [0.15, 0.2) is 0 Å². The Labute approximate surface area is 112 Å². The van der Waals surface area contributed by atoms with Gasteiger partial charge in [0.05, 0.1) is 25.2 Å². The van der Waals surface area contributed by atoms with Crippen LogP contribution in [0.3, 0.4) is 0 Å². The molecule has 1 aromatic carbocycles. The Bertz CT molecular complexity index is 457. The van der Waals surface area contributed by atoms with Crippen LogP contribution in [0.4, 0.5) is 0 Å². The molecule has 1 aliphatic heterocycles. The van der Waals surface area contributed by atoms with Gasteiger partial charge in [0.25, 0.3) is 0 Å². The molecule has 104 valence electrons. The summed E-state index contributed by atoms with van der Waals surface area (Å²) in [4.78, 5) is 11.4. The number of carboxylic acid groups (broad SMARTS) is 1. The second-order valence-corrected chi connectivity index (χ2v) is 4.67. The maximum atomic E-state index is 11.4. The van der Waals surface area contributed by atoms with Gasteiger partial charge in [0, 0.05) is 0 Å². The third-order valence-electron chi connectivity index (χ3n) is 3.53. The first-order valence-electron chi connectivity index (χ1n) is 6.35. The van der Waals surface area contributed by atoms with E-state index in [2.05, 4.69) is 5.32 Å². The molecule has 1 unspecified atom stereocenters. The third kappa shape index (κ3) is 2.43. The summed E-state index contributed by atoms with van der Waals surface area (Å²) in [5.41, 5.74) is 0.416. The van der Waals surface area contributed by atoms with Gasteiger partial charge in [-0.1, -0.05) is 12.1 Å². The Hall–Kier alpha value is -1.59. The highest BCUT2D eigenvalue weighted by molar-refractivity contribution is 5.76. The van der Waals surface area contributed by atoms with Gasteiger partial charge in [-0.15, -0.1) is 0 Å². The first-order chi connectivity index (χ1) is 9.14. The van der Waals surface area contributed by atoms with Crippen LogP contribution in [0.15, 0.2) is 24.3 Å². The fourth-order valence-electron chi connectivity index (χ4n) is 2.52. The van der Waals surface area contributed by atoms with Crippen LogP contribution < -0.4 is 10.1 Å². The molecule has 1 aliphatic rings. The van der Waals surface area contributed by atoms with Crippen molar-refractivity contribution in [3.8, 4) is 5.75 Å². The van der Waals surface area contributed by atoms with Crippen molar-refractivity contribution < 1.29 is 19.4 Å².